The van der Waals surface area contributed by atoms with E-state index in [-0.39, 0.29) is 0 Å². The lowest BCUT2D eigenvalue weighted by molar-refractivity contribution is 0.214. The number of hydrogen-bond donors (Lipinski definition) is 0. The molecular formula is C13H22O. The lowest BCUT2D eigenvalue weighted by Crippen LogP contribution is -1.95. The lowest BCUT2D eigenvalue weighted by Gasteiger charge is -2.09. The van der Waals surface area contributed by atoms with Gasteiger partial charge >= 0.3 is 0 Å². The first kappa shape index (κ1) is 11.4. The predicted octanol–water partition coefficient (Wildman–Crippen LogP) is 4.21. The molecule has 0 aromatic heterocycles. The first-order chi connectivity index (χ1) is 6.93. The van der Waals surface area contributed by atoms with Crippen molar-refractivity contribution in [2.45, 2.75) is 51.9 Å². The Bertz CT molecular complexity index is 191. The van der Waals surface area contributed by atoms with Crippen LogP contribution in [0.2, 0.25) is 0 Å². The smallest absolute Gasteiger partial charge is 0.114 e. The summed E-state index contributed by atoms with van der Waals surface area (Å²) in [4.78, 5) is 0. The third kappa shape index (κ3) is 5.11. The van der Waals surface area contributed by atoms with Gasteiger partial charge in [0.25, 0.3) is 0 Å². The fourth-order valence-corrected chi connectivity index (χ4v) is 1.59. The quantitative estimate of drug-likeness (QED) is 0.552. The third-order valence-electron chi connectivity index (χ3n) is 2.48. The zero-order valence-electron chi connectivity index (χ0n) is 9.30. The van der Waals surface area contributed by atoms with Crippen LogP contribution in [0.3, 0.4) is 0 Å². The van der Waals surface area contributed by atoms with E-state index < -0.39 is 0 Å². The minimum absolute atomic E-state index is 0.889. The molecule has 1 heteroatoms. The maximum Gasteiger partial charge on any atom is 0.114 e. The standard InChI is InChI=1S/C13H22O/c1-2-3-4-5-9-12-14-13-10-7-6-8-11-13/h7,10-11H,2-6,8-9,12H2,1H3. The average molecular weight is 194 g/mol. The van der Waals surface area contributed by atoms with Gasteiger partial charge in [0, 0.05) is 0 Å². The van der Waals surface area contributed by atoms with Crippen molar-refractivity contribution in [2.75, 3.05) is 6.61 Å². The van der Waals surface area contributed by atoms with Gasteiger partial charge in [0.05, 0.1) is 6.61 Å². The summed E-state index contributed by atoms with van der Waals surface area (Å²) in [5.41, 5.74) is 0. The Morgan fingerprint density at radius 3 is 2.71 bits per heavy atom. The Hall–Kier alpha value is -0.720. The molecule has 0 bridgehead atoms. The van der Waals surface area contributed by atoms with Crippen LogP contribution in [0.4, 0.5) is 0 Å². The van der Waals surface area contributed by atoms with Crippen molar-refractivity contribution in [3.8, 4) is 0 Å². The van der Waals surface area contributed by atoms with Gasteiger partial charge in [-0.3, -0.25) is 0 Å². The second-order valence-electron chi connectivity index (χ2n) is 3.85. The minimum Gasteiger partial charge on any atom is -0.494 e. The Kier molecular flexibility index (Phi) is 6.21. The predicted molar refractivity (Wildman–Crippen MR) is 61.2 cm³/mol. The van der Waals surface area contributed by atoms with Gasteiger partial charge in [-0.2, -0.15) is 0 Å². The second kappa shape index (κ2) is 7.66. The van der Waals surface area contributed by atoms with Gasteiger partial charge in [-0.25, -0.2) is 0 Å². The summed E-state index contributed by atoms with van der Waals surface area (Å²) in [6, 6.07) is 0. The van der Waals surface area contributed by atoms with Crippen LogP contribution < -0.4 is 0 Å². The van der Waals surface area contributed by atoms with Crippen LogP contribution >= 0.6 is 0 Å². The molecule has 0 atom stereocenters. The van der Waals surface area contributed by atoms with Crippen molar-refractivity contribution in [2.24, 2.45) is 0 Å². The van der Waals surface area contributed by atoms with E-state index in [2.05, 4.69) is 25.2 Å². The van der Waals surface area contributed by atoms with Gasteiger partial charge in [0.15, 0.2) is 0 Å². The molecule has 0 unspecified atom stereocenters. The Labute approximate surface area is 87.8 Å². The molecule has 0 saturated carbocycles. The van der Waals surface area contributed by atoms with Crippen LogP contribution in [0, 0.1) is 0 Å². The van der Waals surface area contributed by atoms with E-state index in [0.29, 0.717) is 0 Å². The van der Waals surface area contributed by atoms with Crippen molar-refractivity contribution in [3.63, 3.8) is 0 Å². The normalized spacial score (nSPS) is 15.4. The van der Waals surface area contributed by atoms with E-state index in [0.717, 1.165) is 18.8 Å². The average Bonchev–Trinajstić information content (AvgIpc) is 2.25. The molecule has 1 nitrogen and oxygen atoms in total. The number of allylic oxidation sites excluding steroid dienone is 3. The fourth-order valence-electron chi connectivity index (χ4n) is 1.59. The Morgan fingerprint density at radius 1 is 1.14 bits per heavy atom. The lowest BCUT2D eigenvalue weighted by atomic mass is 10.1. The molecule has 0 aromatic carbocycles. The van der Waals surface area contributed by atoms with Crippen LogP contribution in [0.25, 0.3) is 0 Å². The molecule has 0 amide bonds. The molecule has 1 aliphatic rings. The van der Waals surface area contributed by atoms with Crippen LogP contribution in [0.15, 0.2) is 24.0 Å². The number of ether oxygens (including phenoxy) is 1. The summed E-state index contributed by atoms with van der Waals surface area (Å²) in [7, 11) is 0. The highest BCUT2D eigenvalue weighted by molar-refractivity contribution is 5.15. The molecular weight excluding hydrogens is 172 g/mol. The molecule has 0 spiro atoms. The maximum absolute atomic E-state index is 5.64. The maximum atomic E-state index is 5.64. The van der Waals surface area contributed by atoms with Crippen LogP contribution in [-0.2, 0) is 4.74 Å². The minimum atomic E-state index is 0.889. The third-order valence-corrected chi connectivity index (χ3v) is 2.48. The van der Waals surface area contributed by atoms with Gasteiger partial charge in [-0.05, 0) is 31.4 Å². The van der Waals surface area contributed by atoms with Crippen LogP contribution in [0.1, 0.15) is 51.9 Å². The van der Waals surface area contributed by atoms with Gasteiger partial charge in [0.1, 0.15) is 5.76 Å². The first-order valence-corrected chi connectivity index (χ1v) is 5.93. The highest BCUT2D eigenvalue weighted by Crippen LogP contribution is 2.11. The SMILES string of the molecule is CCCCCCCOC1=CCCC=C1. The largest absolute Gasteiger partial charge is 0.494 e. The molecule has 80 valence electrons. The van der Waals surface area contributed by atoms with E-state index in [1.165, 1.54) is 38.5 Å². The van der Waals surface area contributed by atoms with Crippen molar-refractivity contribution in [1.29, 1.82) is 0 Å². The van der Waals surface area contributed by atoms with E-state index in [1.54, 1.807) is 0 Å². The Balaban J connectivity index is 1.93. The van der Waals surface area contributed by atoms with E-state index in [4.69, 9.17) is 4.74 Å². The summed E-state index contributed by atoms with van der Waals surface area (Å²) in [6.07, 6.45) is 15.3. The van der Waals surface area contributed by atoms with Crippen LogP contribution in [0.5, 0.6) is 0 Å². The molecule has 0 radical (unpaired) electrons. The van der Waals surface area contributed by atoms with E-state index >= 15 is 0 Å². The molecule has 1 aliphatic carbocycles. The zero-order chi connectivity index (χ0) is 10.1. The summed E-state index contributed by atoms with van der Waals surface area (Å²) >= 11 is 0. The first-order valence-electron chi connectivity index (χ1n) is 5.93. The van der Waals surface area contributed by atoms with Gasteiger partial charge in [0.2, 0.25) is 0 Å². The number of hydrogen-bond acceptors (Lipinski definition) is 1. The fraction of sp³-hybridized carbons (Fsp3) is 0.692. The van der Waals surface area contributed by atoms with Gasteiger partial charge in [-0.1, -0.05) is 38.7 Å². The molecule has 0 saturated heterocycles. The van der Waals surface area contributed by atoms with E-state index in [9.17, 15) is 0 Å². The monoisotopic (exact) mass is 194 g/mol. The highest BCUT2D eigenvalue weighted by Gasteiger charge is 1.97. The van der Waals surface area contributed by atoms with Crippen LogP contribution in [-0.4, -0.2) is 6.61 Å². The number of unbranched alkanes of at least 4 members (excludes halogenated alkanes) is 4. The molecule has 0 heterocycles. The zero-order valence-corrected chi connectivity index (χ0v) is 9.30. The van der Waals surface area contributed by atoms with Gasteiger partial charge < -0.3 is 4.74 Å². The van der Waals surface area contributed by atoms with Crippen molar-refractivity contribution < 1.29 is 4.74 Å². The summed E-state index contributed by atoms with van der Waals surface area (Å²) in [5, 5.41) is 0. The molecule has 0 N–H and O–H groups in total. The van der Waals surface area contributed by atoms with Gasteiger partial charge in [-0.15, -0.1) is 0 Å². The highest BCUT2D eigenvalue weighted by atomic mass is 16.5. The molecule has 1 rings (SSSR count). The molecule has 0 fully saturated rings. The van der Waals surface area contributed by atoms with Crippen molar-refractivity contribution in [1.82, 2.24) is 0 Å². The molecule has 0 aliphatic heterocycles. The molecule has 14 heavy (non-hydrogen) atoms. The van der Waals surface area contributed by atoms with E-state index in [1.807, 2.05) is 0 Å². The number of rotatable bonds is 7. The Morgan fingerprint density at radius 2 is 2.00 bits per heavy atom. The summed E-state index contributed by atoms with van der Waals surface area (Å²) in [5.74, 6) is 1.08. The topological polar surface area (TPSA) is 9.23 Å². The second-order valence-corrected chi connectivity index (χ2v) is 3.85. The van der Waals surface area contributed by atoms with Crippen molar-refractivity contribution >= 4 is 0 Å². The summed E-state index contributed by atoms with van der Waals surface area (Å²) in [6.45, 7) is 3.13. The van der Waals surface area contributed by atoms with Crippen molar-refractivity contribution in [3.05, 3.63) is 24.0 Å². The molecule has 0 aromatic rings. The summed E-state index contributed by atoms with van der Waals surface area (Å²) < 4.78 is 5.64.